The molecule has 17 heavy (non-hydrogen) atoms. The molecule has 88 valence electrons. The molecule has 2 rings (SSSR count). The summed E-state index contributed by atoms with van der Waals surface area (Å²) in [4.78, 5) is 0. The predicted octanol–water partition coefficient (Wildman–Crippen LogP) is 3.16. The predicted molar refractivity (Wildman–Crippen MR) is 64.5 cm³/mol. The molecule has 0 aromatic heterocycles. The van der Waals surface area contributed by atoms with Crippen molar-refractivity contribution in [2.75, 3.05) is 11.1 Å². The van der Waals surface area contributed by atoms with Crippen molar-refractivity contribution in [1.29, 1.82) is 0 Å². The third-order valence-corrected chi connectivity index (χ3v) is 2.39. The molecule has 2 nitrogen and oxygen atoms in total. The van der Waals surface area contributed by atoms with Crippen LogP contribution in [0.4, 0.5) is 20.2 Å². The fourth-order valence-corrected chi connectivity index (χ4v) is 1.53. The molecule has 0 aliphatic heterocycles. The molecule has 0 radical (unpaired) electrons. The molecule has 0 spiro atoms. The van der Waals surface area contributed by atoms with Crippen LogP contribution in [-0.4, -0.2) is 0 Å². The Morgan fingerprint density at radius 2 is 1.76 bits per heavy atom. The van der Waals surface area contributed by atoms with E-state index in [0.29, 0.717) is 17.9 Å². The third kappa shape index (κ3) is 2.93. The molecular formula is C13H12F2N2. The normalized spacial score (nSPS) is 10.2. The number of hydrogen-bond donors (Lipinski definition) is 2. The molecule has 0 atom stereocenters. The minimum absolute atomic E-state index is 0.295. The van der Waals surface area contributed by atoms with Crippen molar-refractivity contribution in [3.63, 3.8) is 0 Å². The number of rotatable bonds is 3. The van der Waals surface area contributed by atoms with Gasteiger partial charge in [-0.2, -0.15) is 0 Å². The molecule has 3 N–H and O–H groups in total. The fourth-order valence-electron chi connectivity index (χ4n) is 1.53. The van der Waals surface area contributed by atoms with Crippen LogP contribution in [0.25, 0.3) is 0 Å². The first kappa shape index (κ1) is 11.4. The first-order valence-corrected chi connectivity index (χ1v) is 5.18. The van der Waals surface area contributed by atoms with Crippen LogP contribution in [0.3, 0.4) is 0 Å². The van der Waals surface area contributed by atoms with E-state index in [2.05, 4.69) is 5.32 Å². The van der Waals surface area contributed by atoms with Crippen LogP contribution in [0.1, 0.15) is 5.56 Å². The lowest BCUT2D eigenvalue weighted by molar-refractivity contribution is 0.625. The van der Waals surface area contributed by atoms with Gasteiger partial charge in [-0.05, 0) is 35.9 Å². The van der Waals surface area contributed by atoms with Gasteiger partial charge < -0.3 is 11.1 Å². The van der Waals surface area contributed by atoms with Crippen molar-refractivity contribution >= 4 is 11.4 Å². The van der Waals surface area contributed by atoms with Crippen LogP contribution in [0.2, 0.25) is 0 Å². The van der Waals surface area contributed by atoms with Crippen molar-refractivity contribution in [2.24, 2.45) is 0 Å². The van der Waals surface area contributed by atoms with Crippen molar-refractivity contribution < 1.29 is 8.78 Å². The van der Waals surface area contributed by atoms with Crippen LogP contribution in [0.15, 0.2) is 42.5 Å². The van der Waals surface area contributed by atoms with Crippen LogP contribution in [-0.2, 0) is 6.54 Å². The quantitative estimate of drug-likeness (QED) is 0.800. The van der Waals surface area contributed by atoms with E-state index in [4.69, 9.17) is 5.73 Å². The zero-order chi connectivity index (χ0) is 12.3. The smallest absolute Gasteiger partial charge is 0.125 e. The van der Waals surface area contributed by atoms with Gasteiger partial charge in [0.2, 0.25) is 0 Å². The maximum atomic E-state index is 13.0. The third-order valence-electron chi connectivity index (χ3n) is 2.39. The summed E-state index contributed by atoms with van der Waals surface area (Å²) in [6, 6.07) is 10.3. The summed E-state index contributed by atoms with van der Waals surface area (Å²) >= 11 is 0. The first-order chi connectivity index (χ1) is 8.15. The average molecular weight is 234 g/mol. The molecule has 0 saturated carbocycles. The maximum Gasteiger partial charge on any atom is 0.125 e. The molecule has 0 amide bonds. The average Bonchev–Trinajstić information content (AvgIpc) is 2.30. The highest BCUT2D eigenvalue weighted by Gasteiger charge is 2.01. The van der Waals surface area contributed by atoms with Gasteiger partial charge in [-0.25, -0.2) is 8.78 Å². The molecule has 2 aromatic rings. The lowest BCUT2D eigenvalue weighted by Crippen LogP contribution is -2.03. The van der Waals surface area contributed by atoms with Crippen LogP contribution in [0, 0.1) is 11.6 Å². The Labute approximate surface area is 98.1 Å². The van der Waals surface area contributed by atoms with Gasteiger partial charge in [0.05, 0.1) is 11.4 Å². The van der Waals surface area contributed by atoms with Gasteiger partial charge in [0.15, 0.2) is 0 Å². The number of nitrogen functional groups attached to an aromatic ring is 1. The summed E-state index contributed by atoms with van der Waals surface area (Å²) in [6.07, 6.45) is 0. The van der Waals surface area contributed by atoms with Gasteiger partial charge in [-0.1, -0.05) is 12.1 Å². The van der Waals surface area contributed by atoms with Crippen molar-refractivity contribution in [3.8, 4) is 0 Å². The molecule has 4 heteroatoms. The number of halogens is 2. The molecule has 0 heterocycles. The summed E-state index contributed by atoms with van der Waals surface area (Å²) in [7, 11) is 0. The van der Waals surface area contributed by atoms with Crippen LogP contribution >= 0.6 is 0 Å². The molecular weight excluding hydrogens is 222 g/mol. The van der Waals surface area contributed by atoms with Crippen LogP contribution < -0.4 is 11.1 Å². The molecule has 0 unspecified atom stereocenters. The van der Waals surface area contributed by atoms with Crippen molar-refractivity contribution in [2.45, 2.75) is 6.54 Å². The second kappa shape index (κ2) is 4.82. The molecule has 0 aliphatic carbocycles. The number of hydrogen-bond acceptors (Lipinski definition) is 2. The van der Waals surface area contributed by atoms with Gasteiger partial charge in [0.1, 0.15) is 11.6 Å². The Hall–Kier alpha value is -2.10. The molecule has 0 saturated heterocycles. The highest BCUT2D eigenvalue weighted by molar-refractivity contribution is 5.65. The van der Waals surface area contributed by atoms with Gasteiger partial charge in [-0.15, -0.1) is 0 Å². The van der Waals surface area contributed by atoms with E-state index < -0.39 is 0 Å². The van der Waals surface area contributed by atoms with E-state index in [0.717, 1.165) is 5.56 Å². The highest BCUT2D eigenvalue weighted by atomic mass is 19.1. The molecule has 2 aromatic carbocycles. The first-order valence-electron chi connectivity index (χ1n) is 5.18. The van der Waals surface area contributed by atoms with Crippen molar-refractivity contribution in [3.05, 3.63) is 59.7 Å². The van der Waals surface area contributed by atoms with Gasteiger partial charge in [0, 0.05) is 6.54 Å². The van der Waals surface area contributed by atoms with Crippen molar-refractivity contribution in [1.82, 2.24) is 0 Å². The summed E-state index contributed by atoms with van der Waals surface area (Å²) in [5, 5.41) is 2.97. The van der Waals surface area contributed by atoms with Gasteiger partial charge in [0.25, 0.3) is 0 Å². The van der Waals surface area contributed by atoms with E-state index in [9.17, 15) is 8.78 Å². The Balaban J connectivity index is 2.09. The Morgan fingerprint density at radius 1 is 1.00 bits per heavy atom. The largest absolute Gasteiger partial charge is 0.397 e. The molecule has 0 fully saturated rings. The van der Waals surface area contributed by atoms with Gasteiger partial charge >= 0.3 is 0 Å². The van der Waals surface area contributed by atoms with Gasteiger partial charge in [-0.3, -0.25) is 0 Å². The topological polar surface area (TPSA) is 38.0 Å². The Morgan fingerprint density at radius 3 is 2.53 bits per heavy atom. The SMILES string of the molecule is Nc1ccc(F)cc1NCc1cccc(F)c1. The number of benzene rings is 2. The van der Waals surface area contributed by atoms with E-state index >= 15 is 0 Å². The maximum absolute atomic E-state index is 13.0. The minimum Gasteiger partial charge on any atom is -0.397 e. The summed E-state index contributed by atoms with van der Waals surface area (Å²) in [6.45, 7) is 0.394. The zero-order valence-corrected chi connectivity index (χ0v) is 9.08. The monoisotopic (exact) mass is 234 g/mol. The lowest BCUT2D eigenvalue weighted by atomic mass is 10.2. The standard InChI is InChI=1S/C13H12F2N2/c14-10-3-1-2-9(6-10)8-17-13-7-11(15)4-5-12(13)16/h1-7,17H,8,16H2. The minimum atomic E-state index is -0.360. The molecule has 0 aliphatic rings. The Kier molecular flexibility index (Phi) is 3.23. The van der Waals surface area contributed by atoms with E-state index in [1.165, 1.54) is 30.3 Å². The lowest BCUT2D eigenvalue weighted by Gasteiger charge is -2.09. The number of nitrogens with two attached hydrogens (primary N) is 1. The highest BCUT2D eigenvalue weighted by Crippen LogP contribution is 2.20. The second-order valence-corrected chi connectivity index (χ2v) is 3.72. The zero-order valence-electron chi connectivity index (χ0n) is 9.08. The summed E-state index contributed by atoms with van der Waals surface area (Å²) in [5.41, 5.74) is 7.42. The number of nitrogens with one attached hydrogen (secondary N) is 1. The van der Waals surface area contributed by atoms with Crippen LogP contribution in [0.5, 0.6) is 0 Å². The second-order valence-electron chi connectivity index (χ2n) is 3.72. The molecule has 0 bridgehead atoms. The fraction of sp³-hybridized carbons (Fsp3) is 0.0769. The van der Waals surface area contributed by atoms with E-state index in [-0.39, 0.29) is 11.6 Å². The Bertz CT molecular complexity index is 527. The van der Waals surface area contributed by atoms with E-state index in [1.807, 2.05) is 0 Å². The number of anilines is 2. The van der Waals surface area contributed by atoms with E-state index in [1.54, 1.807) is 12.1 Å². The summed E-state index contributed by atoms with van der Waals surface area (Å²) in [5.74, 6) is -0.655. The summed E-state index contributed by atoms with van der Waals surface area (Å²) < 4.78 is 25.9.